The third-order valence-electron chi connectivity index (χ3n) is 2.95. The van der Waals surface area contributed by atoms with Gasteiger partial charge in [0.2, 0.25) is 0 Å². The van der Waals surface area contributed by atoms with Crippen molar-refractivity contribution < 1.29 is 0 Å². The van der Waals surface area contributed by atoms with Gasteiger partial charge in [-0.1, -0.05) is 77.5 Å². The van der Waals surface area contributed by atoms with Crippen molar-refractivity contribution in [2.75, 3.05) is 0 Å². The van der Waals surface area contributed by atoms with Gasteiger partial charge < -0.3 is 0 Å². The Kier molecular flexibility index (Phi) is 4.38. The van der Waals surface area contributed by atoms with Gasteiger partial charge in [-0.15, -0.1) is 0 Å². The fourth-order valence-electron chi connectivity index (χ4n) is 1.91. The van der Waals surface area contributed by atoms with Crippen LogP contribution in [0.15, 0.2) is 54.6 Å². The van der Waals surface area contributed by atoms with Gasteiger partial charge in [0, 0.05) is 4.83 Å². The topological polar surface area (TPSA) is 0 Å². The van der Waals surface area contributed by atoms with Crippen LogP contribution in [-0.2, 0) is 6.42 Å². The van der Waals surface area contributed by atoms with E-state index >= 15 is 0 Å². The molecule has 2 aromatic carbocycles. The third-order valence-corrected chi connectivity index (χ3v) is 4.13. The van der Waals surface area contributed by atoms with Gasteiger partial charge in [0.1, 0.15) is 0 Å². The Morgan fingerprint density at radius 2 is 1.47 bits per heavy atom. The van der Waals surface area contributed by atoms with Crippen LogP contribution in [-0.4, -0.2) is 0 Å². The molecule has 0 N–H and O–H groups in total. The van der Waals surface area contributed by atoms with Crippen molar-refractivity contribution in [2.45, 2.75) is 24.6 Å². The van der Waals surface area contributed by atoms with Crippen LogP contribution in [0.4, 0.5) is 0 Å². The van der Waals surface area contributed by atoms with E-state index in [4.69, 9.17) is 0 Å². The van der Waals surface area contributed by atoms with E-state index in [2.05, 4.69) is 77.5 Å². The SMILES string of the molecule is CCC(Br)c1ccc(Cc2ccccc2)cc1. The zero-order valence-corrected chi connectivity index (χ0v) is 11.7. The van der Waals surface area contributed by atoms with Crippen molar-refractivity contribution in [3.63, 3.8) is 0 Å². The van der Waals surface area contributed by atoms with Gasteiger partial charge in [-0.2, -0.15) is 0 Å². The summed E-state index contributed by atoms with van der Waals surface area (Å²) < 4.78 is 0. The molecule has 88 valence electrons. The predicted octanol–water partition coefficient (Wildman–Crippen LogP) is 5.12. The Labute approximate surface area is 112 Å². The highest BCUT2D eigenvalue weighted by molar-refractivity contribution is 9.09. The molecule has 0 aromatic heterocycles. The molecule has 0 aliphatic carbocycles. The van der Waals surface area contributed by atoms with Gasteiger partial charge in [-0.3, -0.25) is 0 Å². The van der Waals surface area contributed by atoms with Gasteiger partial charge in [0.25, 0.3) is 0 Å². The lowest BCUT2D eigenvalue weighted by atomic mass is 10.0. The summed E-state index contributed by atoms with van der Waals surface area (Å²) in [6.07, 6.45) is 2.14. The molecule has 1 atom stereocenters. The molecule has 2 rings (SSSR count). The zero-order valence-electron chi connectivity index (χ0n) is 10.1. The minimum Gasteiger partial charge on any atom is -0.0839 e. The second-order valence-corrected chi connectivity index (χ2v) is 5.39. The van der Waals surface area contributed by atoms with E-state index in [0.717, 1.165) is 12.8 Å². The molecule has 0 saturated heterocycles. The highest BCUT2D eigenvalue weighted by Gasteiger charge is 2.04. The second kappa shape index (κ2) is 6.02. The van der Waals surface area contributed by atoms with Crippen LogP contribution in [0.5, 0.6) is 0 Å². The van der Waals surface area contributed by atoms with E-state index in [1.165, 1.54) is 16.7 Å². The summed E-state index contributed by atoms with van der Waals surface area (Å²) in [5, 5.41) is 0. The van der Waals surface area contributed by atoms with Crippen LogP contribution < -0.4 is 0 Å². The minimum absolute atomic E-state index is 0.480. The summed E-state index contributed by atoms with van der Waals surface area (Å²) >= 11 is 3.68. The van der Waals surface area contributed by atoms with Crippen molar-refractivity contribution in [3.8, 4) is 0 Å². The lowest BCUT2D eigenvalue weighted by molar-refractivity contribution is 0.910. The fraction of sp³-hybridized carbons (Fsp3) is 0.250. The molecular formula is C16H17Br. The number of benzene rings is 2. The highest BCUT2D eigenvalue weighted by Crippen LogP contribution is 2.26. The van der Waals surface area contributed by atoms with Crippen LogP contribution in [0.2, 0.25) is 0 Å². The summed E-state index contributed by atoms with van der Waals surface area (Å²) in [5.74, 6) is 0. The third kappa shape index (κ3) is 3.44. The van der Waals surface area contributed by atoms with Crippen LogP contribution in [0.3, 0.4) is 0 Å². The summed E-state index contributed by atoms with van der Waals surface area (Å²) in [7, 11) is 0. The number of alkyl halides is 1. The van der Waals surface area contributed by atoms with Gasteiger partial charge in [0.05, 0.1) is 0 Å². The smallest absolute Gasteiger partial charge is 0.0392 e. The molecule has 0 bridgehead atoms. The zero-order chi connectivity index (χ0) is 12.1. The molecule has 17 heavy (non-hydrogen) atoms. The highest BCUT2D eigenvalue weighted by atomic mass is 79.9. The molecule has 2 aromatic rings. The van der Waals surface area contributed by atoms with E-state index in [0.29, 0.717) is 4.83 Å². The van der Waals surface area contributed by atoms with Gasteiger partial charge >= 0.3 is 0 Å². The molecule has 1 heteroatoms. The molecule has 0 radical (unpaired) electrons. The Morgan fingerprint density at radius 1 is 0.882 bits per heavy atom. The summed E-state index contributed by atoms with van der Waals surface area (Å²) in [4.78, 5) is 0.480. The van der Waals surface area contributed by atoms with E-state index in [1.54, 1.807) is 0 Å². The first kappa shape index (κ1) is 12.4. The lowest BCUT2D eigenvalue weighted by Gasteiger charge is -2.08. The van der Waals surface area contributed by atoms with Crippen LogP contribution in [0.1, 0.15) is 34.9 Å². The summed E-state index contributed by atoms with van der Waals surface area (Å²) in [6.45, 7) is 2.19. The van der Waals surface area contributed by atoms with Crippen molar-refractivity contribution >= 4 is 15.9 Å². The molecule has 0 saturated carbocycles. The van der Waals surface area contributed by atoms with Gasteiger partial charge in [-0.05, 0) is 29.5 Å². The van der Waals surface area contributed by atoms with E-state index in [9.17, 15) is 0 Å². The molecule has 0 nitrogen and oxygen atoms in total. The Morgan fingerprint density at radius 3 is 2.06 bits per heavy atom. The monoisotopic (exact) mass is 288 g/mol. The van der Waals surface area contributed by atoms with Crippen molar-refractivity contribution in [3.05, 3.63) is 71.3 Å². The minimum atomic E-state index is 0.480. The molecule has 0 aliphatic heterocycles. The molecular weight excluding hydrogens is 272 g/mol. The summed E-state index contributed by atoms with van der Waals surface area (Å²) in [6, 6.07) is 19.5. The van der Waals surface area contributed by atoms with Gasteiger partial charge in [-0.25, -0.2) is 0 Å². The molecule has 0 aliphatic rings. The van der Waals surface area contributed by atoms with Crippen LogP contribution in [0.25, 0.3) is 0 Å². The first-order valence-corrected chi connectivity index (χ1v) is 6.98. The van der Waals surface area contributed by atoms with E-state index in [-0.39, 0.29) is 0 Å². The average molecular weight is 289 g/mol. The molecule has 0 amide bonds. The number of hydrogen-bond donors (Lipinski definition) is 0. The quantitative estimate of drug-likeness (QED) is 0.685. The van der Waals surface area contributed by atoms with E-state index in [1.807, 2.05) is 0 Å². The van der Waals surface area contributed by atoms with Crippen molar-refractivity contribution in [1.29, 1.82) is 0 Å². The maximum atomic E-state index is 3.68. The number of halogens is 1. The van der Waals surface area contributed by atoms with Crippen LogP contribution >= 0.6 is 15.9 Å². The maximum absolute atomic E-state index is 3.68. The molecule has 0 heterocycles. The average Bonchev–Trinajstić information content (AvgIpc) is 2.40. The first-order valence-electron chi connectivity index (χ1n) is 6.06. The molecule has 0 fully saturated rings. The van der Waals surface area contributed by atoms with Crippen molar-refractivity contribution in [2.24, 2.45) is 0 Å². The van der Waals surface area contributed by atoms with Gasteiger partial charge in [0.15, 0.2) is 0 Å². The molecule has 0 spiro atoms. The summed E-state index contributed by atoms with van der Waals surface area (Å²) in [5.41, 5.74) is 4.10. The van der Waals surface area contributed by atoms with Crippen molar-refractivity contribution in [1.82, 2.24) is 0 Å². The standard InChI is InChI=1S/C16H17Br/c1-2-16(17)15-10-8-14(9-11-15)12-13-6-4-3-5-7-13/h3-11,16H,2,12H2,1H3. The fourth-order valence-corrected chi connectivity index (χ4v) is 2.22. The maximum Gasteiger partial charge on any atom is 0.0392 e. The largest absolute Gasteiger partial charge is 0.0839 e. The second-order valence-electron chi connectivity index (χ2n) is 4.28. The predicted molar refractivity (Wildman–Crippen MR) is 77.6 cm³/mol. The lowest BCUT2D eigenvalue weighted by Crippen LogP contribution is -1.91. The normalized spacial score (nSPS) is 12.4. The Bertz CT molecular complexity index is 445. The Hall–Kier alpha value is -1.08. The Balaban J connectivity index is 2.08. The number of hydrogen-bond acceptors (Lipinski definition) is 0. The number of rotatable bonds is 4. The first-order chi connectivity index (χ1) is 8.29. The van der Waals surface area contributed by atoms with Crippen LogP contribution in [0, 0.1) is 0 Å². The van der Waals surface area contributed by atoms with E-state index < -0.39 is 0 Å². The molecule has 1 unspecified atom stereocenters.